The van der Waals surface area contributed by atoms with E-state index in [0.717, 1.165) is 37.0 Å². The first-order chi connectivity index (χ1) is 9.24. The van der Waals surface area contributed by atoms with E-state index in [1.54, 1.807) is 0 Å². The van der Waals surface area contributed by atoms with Crippen molar-refractivity contribution >= 4 is 11.6 Å². The predicted molar refractivity (Wildman–Crippen MR) is 71.6 cm³/mol. The van der Waals surface area contributed by atoms with E-state index in [1.807, 2.05) is 0 Å². The quantitative estimate of drug-likeness (QED) is 0.783. The van der Waals surface area contributed by atoms with E-state index in [1.165, 1.54) is 19.3 Å². The Bertz CT molecular complexity index is 416. The van der Waals surface area contributed by atoms with Crippen molar-refractivity contribution in [3.8, 4) is 0 Å². The van der Waals surface area contributed by atoms with E-state index in [-0.39, 0.29) is 17.8 Å². The molecule has 0 aromatic carbocycles. The summed E-state index contributed by atoms with van der Waals surface area (Å²) < 4.78 is 5.84. The van der Waals surface area contributed by atoms with Crippen LogP contribution in [0.4, 0.5) is 0 Å². The van der Waals surface area contributed by atoms with E-state index in [9.17, 15) is 9.59 Å². The molecule has 0 spiro atoms. The Balaban J connectivity index is 1.55. The summed E-state index contributed by atoms with van der Waals surface area (Å²) in [5.74, 6) is 1.74. The lowest BCUT2D eigenvalue weighted by Gasteiger charge is -2.22. The van der Waals surface area contributed by atoms with E-state index in [2.05, 4.69) is 0 Å². The molecule has 19 heavy (non-hydrogen) atoms. The molecule has 0 saturated heterocycles. The highest BCUT2D eigenvalue weighted by Crippen LogP contribution is 2.36. The second kappa shape index (κ2) is 5.48. The molecule has 0 radical (unpaired) electrons. The molecule has 1 saturated carbocycles. The Kier molecular flexibility index (Phi) is 3.72. The van der Waals surface area contributed by atoms with Crippen molar-refractivity contribution < 1.29 is 14.3 Å². The third kappa shape index (κ3) is 2.75. The Morgan fingerprint density at radius 1 is 1.11 bits per heavy atom. The second-order valence-electron chi connectivity index (χ2n) is 6.13. The Labute approximate surface area is 114 Å². The zero-order valence-corrected chi connectivity index (χ0v) is 11.5. The van der Waals surface area contributed by atoms with Crippen molar-refractivity contribution in [2.75, 3.05) is 0 Å². The first-order valence-corrected chi connectivity index (χ1v) is 7.68. The van der Waals surface area contributed by atoms with Crippen LogP contribution in [0.25, 0.3) is 0 Å². The second-order valence-corrected chi connectivity index (χ2v) is 6.13. The van der Waals surface area contributed by atoms with Crippen LogP contribution in [0.3, 0.4) is 0 Å². The molecular formula is C16H22O3. The molecule has 0 aromatic rings. The predicted octanol–water partition coefficient (Wildman–Crippen LogP) is 3.32. The summed E-state index contributed by atoms with van der Waals surface area (Å²) in [6.07, 6.45) is 9.33. The molecule has 3 nitrogen and oxygen atoms in total. The van der Waals surface area contributed by atoms with E-state index >= 15 is 0 Å². The van der Waals surface area contributed by atoms with Crippen LogP contribution in [0.5, 0.6) is 0 Å². The Morgan fingerprint density at radius 3 is 2.63 bits per heavy atom. The molecule has 3 heteroatoms. The molecule has 1 unspecified atom stereocenters. The highest BCUT2D eigenvalue weighted by atomic mass is 16.5. The minimum absolute atomic E-state index is 0.0542. The molecule has 0 amide bonds. The van der Waals surface area contributed by atoms with E-state index in [0.29, 0.717) is 25.0 Å². The average molecular weight is 262 g/mol. The maximum absolute atomic E-state index is 12.3. The maximum atomic E-state index is 12.3. The van der Waals surface area contributed by atoms with E-state index < -0.39 is 0 Å². The van der Waals surface area contributed by atoms with Crippen LogP contribution in [0.15, 0.2) is 11.3 Å². The number of ketones is 2. The fourth-order valence-corrected chi connectivity index (χ4v) is 3.62. The van der Waals surface area contributed by atoms with Gasteiger partial charge in [-0.15, -0.1) is 0 Å². The molecule has 1 heterocycles. The lowest BCUT2D eigenvalue weighted by Crippen LogP contribution is -2.22. The molecule has 0 aromatic heterocycles. The number of rotatable bonds is 3. The van der Waals surface area contributed by atoms with Gasteiger partial charge >= 0.3 is 0 Å². The largest absolute Gasteiger partial charge is 0.494 e. The van der Waals surface area contributed by atoms with E-state index in [4.69, 9.17) is 4.74 Å². The fraction of sp³-hybridized carbons (Fsp3) is 0.750. The number of carbonyl (C=O) groups is 2. The molecule has 1 aliphatic heterocycles. The maximum Gasteiger partial charge on any atom is 0.162 e. The van der Waals surface area contributed by atoms with Crippen molar-refractivity contribution in [2.45, 2.75) is 70.3 Å². The summed E-state index contributed by atoms with van der Waals surface area (Å²) in [7, 11) is 0. The summed E-state index contributed by atoms with van der Waals surface area (Å²) in [6, 6.07) is 0. The van der Waals surface area contributed by atoms with Gasteiger partial charge in [0.1, 0.15) is 17.6 Å². The number of ether oxygens (including phenoxy) is 1. The summed E-state index contributed by atoms with van der Waals surface area (Å²) in [4.78, 5) is 24.0. The van der Waals surface area contributed by atoms with Crippen LogP contribution in [-0.2, 0) is 14.3 Å². The topological polar surface area (TPSA) is 43.4 Å². The average Bonchev–Trinajstić information content (AvgIpc) is 2.84. The summed E-state index contributed by atoms with van der Waals surface area (Å²) in [5, 5.41) is 0. The van der Waals surface area contributed by atoms with Gasteiger partial charge in [0.15, 0.2) is 5.78 Å². The molecule has 2 aliphatic carbocycles. The minimum Gasteiger partial charge on any atom is -0.494 e. The molecule has 0 bridgehead atoms. The van der Waals surface area contributed by atoms with Gasteiger partial charge in [-0.1, -0.05) is 19.3 Å². The van der Waals surface area contributed by atoms with Gasteiger partial charge < -0.3 is 4.74 Å². The summed E-state index contributed by atoms with van der Waals surface area (Å²) >= 11 is 0. The van der Waals surface area contributed by atoms with Crippen LogP contribution in [0.2, 0.25) is 0 Å². The molecule has 3 aliphatic rings. The normalized spacial score (nSPS) is 28.2. The molecule has 104 valence electrons. The standard InChI is InChI=1S/C16H22O3/c17-14-7-4-8-16-13(14)9-12(19-16)10-15(18)11-5-2-1-3-6-11/h11-12H,1-10H2. The van der Waals surface area contributed by atoms with Gasteiger partial charge in [0.05, 0.1) is 0 Å². The van der Waals surface area contributed by atoms with Gasteiger partial charge in [-0.25, -0.2) is 0 Å². The zero-order chi connectivity index (χ0) is 13.2. The van der Waals surface area contributed by atoms with Crippen molar-refractivity contribution in [1.82, 2.24) is 0 Å². The van der Waals surface area contributed by atoms with Gasteiger partial charge in [0.25, 0.3) is 0 Å². The zero-order valence-electron chi connectivity index (χ0n) is 11.5. The number of hydrogen-bond donors (Lipinski definition) is 0. The molecule has 1 atom stereocenters. The number of hydrogen-bond acceptors (Lipinski definition) is 3. The van der Waals surface area contributed by atoms with Gasteiger partial charge in [-0.2, -0.15) is 0 Å². The smallest absolute Gasteiger partial charge is 0.162 e. The summed E-state index contributed by atoms with van der Waals surface area (Å²) in [5.41, 5.74) is 0.882. The SMILES string of the molecule is O=C1CCCC2=C1CC(CC(=O)C1CCCCC1)O2. The monoisotopic (exact) mass is 262 g/mol. The van der Waals surface area contributed by atoms with Crippen LogP contribution in [0, 0.1) is 5.92 Å². The molecular weight excluding hydrogens is 240 g/mol. The van der Waals surface area contributed by atoms with Crippen molar-refractivity contribution in [3.63, 3.8) is 0 Å². The molecule has 0 N–H and O–H groups in total. The Hall–Kier alpha value is -1.12. The first kappa shape index (κ1) is 12.9. The van der Waals surface area contributed by atoms with Gasteiger partial charge in [-0.05, 0) is 19.3 Å². The van der Waals surface area contributed by atoms with Crippen molar-refractivity contribution in [3.05, 3.63) is 11.3 Å². The van der Waals surface area contributed by atoms with Gasteiger partial charge in [-0.3, -0.25) is 9.59 Å². The molecule has 3 rings (SSSR count). The lowest BCUT2D eigenvalue weighted by atomic mass is 9.84. The van der Waals surface area contributed by atoms with Gasteiger partial charge in [0.2, 0.25) is 0 Å². The van der Waals surface area contributed by atoms with Crippen LogP contribution >= 0.6 is 0 Å². The van der Waals surface area contributed by atoms with Crippen LogP contribution < -0.4 is 0 Å². The van der Waals surface area contributed by atoms with Crippen LogP contribution in [-0.4, -0.2) is 17.7 Å². The van der Waals surface area contributed by atoms with Crippen LogP contribution in [0.1, 0.15) is 64.2 Å². The van der Waals surface area contributed by atoms with Crippen molar-refractivity contribution in [1.29, 1.82) is 0 Å². The van der Waals surface area contributed by atoms with Gasteiger partial charge in [0, 0.05) is 37.2 Å². The highest BCUT2D eigenvalue weighted by Gasteiger charge is 2.34. The number of allylic oxidation sites excluding steroid dienone is 1. The fourth-order valence-electron chi connectivity index (χ4n) is 3.62. The summed E-state index contributed by atoms with van der Waals surface area (Å²) in [6.45, 7) is 0. The third-order valence-electron chi connectivity index (χ3n) is 4.71. The first-order valence-electron chi connectivity index (χ1n) is 7.68. The Morgan fingerprint density at radius 2 is 1.89 bits per heavy atom. The lowest BCUT2D eigenvalue weighted by molar-refractivity contribution is -0.125. The number of carbonyl (C=O) groups excluding carboxylic acids is 2. The van der Waals surface area contributed by atoms with Crippen molar-refractivity contribution in [2.24, 2.45) is 5.92 Å². The molecule has 1 fully saturated rings. The third-order valence-corrected chi connectivity index (χ3v) is 4.71. The minimum atomic E-state index is -0.0542. The number of Topliss-reactive ketones (excluding diaryl/α,β-unsaturated/α-hetero) is 2. The highest BCUT2D eigenvalue weighted by molar-refractivity contribution is 5.97.